The number of amides is 1. The number of rotatable bonds is 3. The second kappa shape index (κ2) is 5.58. The monoisotopic (exact) mass is 279 g/mol. The van der Waals surface area contributed by atoms with Crippen molar-refractivity contribution < 1.29 is 9.53 Å². The van der Waals surface area contributed by atoms with Crippen LogP contribution in [0.5, 0.6) is 5.75 Å². The van der Waals surface area contributed by atoms with Gasteiger partial charge in [-0.2, -0.15) is 0 Å². The Morgan fingerprint density at radius 3 is 2.67 bits per heavy atom. The van der Waals surface area contributed by atoms with Crippen LogP contribution in [-0.2, 0) is 4.79 Å². The molecule has 21 heavy (non-hydrogen) atoms. The van der Waals surface area contributed by atoms with E-state index in [1.165, 1.54) is 0 Å². The third-order valence-corrected chi connectivity index (χ3v) is 3.05. The highest BCUT2D eigenvalue weighted by Gasteiger charge is 2.20. The zero-order valence-corrected chi connectivity index (χ0v) is 11.4. The molecule has 0 bridgehead atoms. The van der Waals surface area contributed by atoms with E-state index in [-0.39, 0.29) is 5.91 Å². The molecule has 0 fully saturated rings. The fourth-order valence-electron chi connectivity index (χ4n) is 1.97. The molecule has 3 rings (SSSR count). The molecule has 0 saturated carbocycles. The molecule has 0 radical (unpaired) electrons. The molecule has 104 valence electrons. The van der Waals surface area contributed by atoms with Crippen LogP contribution < -0.4 is 10.1 Å². The first kappa shape index (κ1) is 13.1. The number of aromatic nitrogens is 1. The summed E-state index contributed by atoms with van der Waals surface area (Å²) >= 11 is 0. The van der Waals surface area contributed by atoms with E-state index in [2.05, 4.69) is 15.3 Å². The molecule has 2 heterocycles. The van der Waals surface area contributed by atoms with Crippen molar-refractivity contribution in [1.82, 2.24) is 10.3 Å². The van der Waals surface area contributed by atoms with Crippen LogP contribution in [0.3, 0.4) is 0 Å². The van der Waals surface area contributed by atoms with Gasteiger partial charge in [0.25, 0.3) is 5.91 Å². The predicted molar refractivity (Wildman–Crippen MR) is 79.9 cm³/mol. The smallest absolute Gasteiger partial charge is 0.275 e. The van der Waals surface area contributed by atoms with E-state index in [0.29, 0.717) is 11.5 Å². The van der Waals surface area contributed by atoms with Crippen molar-refractivity contribution in [3.05, 3.63) is 65.6 Å². The maximum absolute atomic E-state index is 11.9. The van der Waals surface area contributed by atoms with Crippen molar-refractivity contribution in [2.45, 2.75) is 0 Å². The summed E-state index contributed by atoms with van der Waals surface area (Å²) in [6, 6.07) is 11.1. The number of carbonyl (C=O) groups is 1. The molecule has 1 N–H and O–H groups in total. The van der Waals surface area contributed by atoms with Gasteiger partial charge in [0.1, 0.15) is 17.3 Å². The second-order valence-electron chi connectivity index (χ2n) is 4.46. The zero-order valence-electron chi connectivity index (χ0n) is 11.4. The van der Waals surface area contributed by atoms with Gasteiger partial charge in [0.2, 0.25) is 0 Å². The summed E-state index contributed by atoms with van der Waals surface area (Å²) in [6.07, 6.45) is 5.07. The number of nitrogens with zero attached hydrogens (tertiary/aromatic N) is 2. The maximum Gasteiger partial charge on any atom is 0.275 e. The van der Waals surface area contributed by atoms with Gasteiger partial charge in [-0.25, -0.2) is 4.99 Å². The molecule has 0 spiro atoms. The van der Waals surface area contributed by atoms with Crippen molar-refractivity contribution in [1.29, 1.82) is 0 Å². The van der Waals surface area contributed by atoms with Gasteiger partial charge < -0.3 is 10.1 Å². The first-order chi connectivity index (χ1) is 10.3. The number of benzene rings is 1. The number of carbonyl (C=O) groups excluding carboxylic acids is 1. The summed E-state index contributed by atoms with van der Waals surface area (Å²) in [6.45, 7) is 0. The summed E-state index contributed by atoms with van der Waals surface area (Å²) in [7, 11) is 1.61. The van der Waals surface area contributed by atoms with Crippen molar-refractivity contribution in [3.8, 4) is 5.75 Å². The highest BCUT2D eigenvalue weighted by Crippen LogP contribution is 2.17. The van der Waals surface area contributed by atoms with Crippen molar-refractivity contribution in [3.63, 3.8) is 0 Å². The van der Waals surface area contributed by atoms with Crippen LogP contribution >= 0.6 is 0 Å². The lowest BCUT2D eigenvalue weighted by Crippen LogP contribution is -2.24. The number of pyridine rings is 1. The molecule has 0 atom stereocenters. The van der Waals surface area contributed by atoms with Crippen LogP contribution in [0.4, 0.5) is 0 Å². The van der Waals surface area contributed by atoms with Crippen LogP contribution in [-0.4, -0.2) is 23.8 Å². The van der Waals surface area contributed by atoms with E-state index in [4.69, 9.17) is 4.74 Å². The molecule has 2 aromatic rings. The van der Waals surface area contributed by atoms with Crippen molar-refractivity contribution in [2.75, 3.05) is 7.11 Å². The van der Waals surface area contributed by atoms with Gasteiger partial charge in [-0.1, -0.05) is 12.1 Å². The van der Waals surface area contributed by atoms with Gasteiger partial charge >= 0.3 is 0 Å². The summed E-state index contributed by atoms with van der Waals surface area (Å²) in [4.78, 5) is 20.3. The minimum atomic E-state index is -0.218. The van der Waals surface area contributed by atoms with Gasteiger partial charge in [-0.05, 0) is 35.9 Å². The summed E-state index contributed by atoms with van der Waals surface area (Å²) < 4.78 is 5.10. The van der Waals surface area contributed by atoms with E-state index in [1.807, 2.05) is 30.3 Å². The average Bonchev–Trinajstić information content (AvgIpc) is 2.90. The average molecular weight is 279 g/mol. The standard InChI is InChI=1S/C16H13N3O2/c1-21-13-6-4-11(5-7-13)9-14-16(20)19-15(18-14)12-3-2-8-17-10-12/h2-10H,1H3,(H,18,19,20)/b14-9+. The molecule has 1 aromatic carbocycles. The zero-order chi connectivity index (χ0) is 14.7. The first-order valence-corrected chi connectivity index (χ1v) is 6.42. The SMILES string of the molecule is COc1ccc(/C=C2/N=C(c3cccnc3)NC2=O)cc1. The van der Waals surface area contributed by atoms with Gasteiger partial charge in [0.15, 0.2) is 0 Å². The molecular weight excluding hydrogens is 266 g/mol. The van der Waals surface area contributed by atoms with Crippen LogP contribution in [0.25, 0.3) is 6.08 Å². The van der Waals surface area contributed by atoms with Crippen molar-refractivity contribution >= 4 is 17.8 Å². The topological polar surface area (TPSA) is 63.6 Å². The molecule has 1 aliphatic heterocycles. The number of amidine groups is 1. The lowest BCUT2D eigenvalue weighted by molar-refractivity contribution is -0.115. The highest BCUT2D eigenvalue weighted by atomic mass is 16.5. The quantitative estimate of drug-likeness (QED) is 0.874. The van der Waals surface area contributed by atoms with Crippen molar-refractivity contribution in [2.24, 2.45) is 4.99 Å². The van der Waals surface area contributed by atoms with Crippen LogP contribution in [0.2, 0.25) is 0 Å². The fourth-order valence-corrected chi connectivity index (χ4v) is 1.97. The van der Waals surface area contributed by atoms with Gasteiger partial charge in [0, 0.05) is 18.0 Å². The highest BCUT2D eigenvalue weighted by molar-refractivity contribution is 6.19. The van der Waals surface area contributed by atoms with E-state index in [9.17, 15) is 4.79 Å². The minimum absolute atomic E-state index is 0.218. The molecule has 0 saturated heterocycles. The van der Waals surface area contributed by atoms with E-state index < -0.39 is 0 Å². The molecule has 5 nitrogen and oxygen atoms in total. The lowest BCUT2D eigenvalue weighted by atomic mass is 10.2. The Balaban J connectivity index is 1.89. The minimum Gasteiger partial charge on any atom is -0.497 e. The predicted octanol–water partition coefficient (Wildman–Crippen LogP) is 2.01. The Morgan fingerprint density at radius 2 is 2.00 bits per heavy atom. The first-order valence-electron chi connectivity index (χ1n) is 6.42. The number of hydrogen-bond acceptors (Lipinski definition) is 4. The van der Waals surface area contributed by atoms with Crippen LogP contribution in [0.15, 0.2) is 59.5 Å². The normalized spacial score (nSPS) is 15.8. The number of aliphatic imine (C=N–C) groups is 1. The summed E-state index contributed by atoms with van der Waals surface area (Å²) in [5, 5.41) is 2.74. The third-order valence-electron chi connectivity index (χ3n) is 3.05. The van der Waals surface area contributed by atoms with Gasteiger partial charge in [-0.3, -0.25) is 9.78 Å². The number of nitrogens with one attached hydrogen (secondary N) is 1. The van der Waals surface area contributed by atoms with Gasteiger partial charge in [-0.15, -0.1) is 0 Å². The molecule has 5 heteroatoms. The fraction of sp³-hybridized carbons (Fsp3) is 0.0625. The largest absolute Gasteiger partial charge is 0.497 e. The third kappa shape index (κ3) is 2.81. The Morgan fingerprint density at radius 1 is 1.19 bits per heavy atom. The summed E-state index contributed by atoms with van der Waals surface area (Å²) in [5.74, 6) is 1.07. The Kier molecular flexibility index (Phi) is 3.47. The molecule has 0 aliphatic carbocycles. The Hall–Kier alpha value is -2.95. The Bertz CT molecular complexity index is 719. The van der Waals surface area contributed by atoms with Crippen LogP contribution in [0.1, 0.15) is 11.1 Å². The number of hydrogen-bond donors (Lipinski definition) is 1. The molecule has 0 unspecified atom stereocenters. The Labute approximate surface area is 122 Å². The molecule has 1 aliphatic rings. The maximum atomic E-state index is 11.9. The lowest BCUT2D eigenvalue weighted by Gasteiger charge is -1.99. The number of ether oxygens (including phenoxy) is 1. The number of methoxy groups -OCH3 is 1. The molecule has 1 aromatic heterocycles. The van der Waals surface area contributed by atoms with E-state index in [1.54, 1.807) is 31.6 Å². The van der Waals surface area contributed by atoms with E-state index >= 15 is 0 Å². The molecular formula is C16H13N3O2. The second-order valence-corrected chi connectivity index (χ2v) is 4.46. The van der Waals surface area contributed by atoms with Gasteiger partial charge in [0.05, 0.1) is 7.11 Å². The summed E-state index contributed by atoms with van der Waals surface area (Å²) in [5.41, 5.74) is 2.04. The van der Waals surface area contributed by atoms with Crippen LogP contribution in [0, 0.1) is 0 Å². The molecule has 1 amide bonds. The van der Waals surface area contributed by atoms with E-state index in [0.717, 1.165) is 16.9 Å².